The van der Waals surface area contributed by atoms with Gasteiger partial charge in [0.15, 0.2) is 14.1 Å². The van der Waals surface area contributed by atoms with Gasteiger partial charge in [0.1, 0.15) is 11.4 Å². The van der Waals surface area contributed by atoms with Gasteiger partial charge in [-0.05, 0) is 53.8 Å². The fraction of sp³-hybridized carbons (Fsp3) is 0.447. The largest absolute Gasteiger partial charge is 0.417 e. The van der Waals surface area contributed by atoms with Crippen molar-refractivity contribution in [2.75, 3.05) is 6.61 Å². The van der Waals surface area contributed by atoms with Crippen LogP contribution < -0.4 is 15.9 Å². The number of rotatable bonds is 17. The molecular formula is C38H52NO2PSi. The Labute approximate surface area is 262 Å². The van der Waals surface area contributed by atoms with Crippen molar-refractivity contribution in [3.8, 4) is 6.07 Å². The third-order valence-corrected chi connectivity index (χ3v) is 17.7. The lowest BCUT2D eigenvalue weighted by atomic mass is 10.0. The highest BCUT2D eigenvalue weighted by Gasteiger charge is 2.37. The molecule has 0 saturated carbocycles. The molecule has 0 fully saturated rings. The van der Waals surface area contributed by atoms with Gasteiger partial charge in [0.25, 0.3) is 0 Å². The molecule has 3 aromatic rings. The second kappa shape index (κ2) is 17.0. The molecule has 0 heterocycles. The second-order valence-electron chi connectivity index (χ2n) is 13.1. The van der Waals surface area contributed by atoms with E-state index in [-0.39, 0.29) is 10.8 Å². The van der Waals surface area contributed by atoms with E-state index in [1.54, 1.807) is 0 Å². The predicted octanol–water partition coefficient (Wildman–Crippen LogP) is 9.17. The first-order valence-corrected chi connectivity index (χ1v) is 20.8. The molecule has 3 nitrogen and oxygen atoms in total. The van der Waals surface area contributed by atoms with Gasteiger partial charge in [-0.1, -0.05) is 157 Å². The molecule has 0 radical (unpaired) electrons. The summed E-state index contributed by atoms with van der Waals surface area (Å²) in [5, 5.41) is 14.4. The number of ketones is 1. The van der Waals surface area contributed by atoms with Crippen molar-refractivity contribution in [1.29, 1.82) is 5.26 Å². The maximum absolute atomic E-state index is 13.9. The number of Topliss-reactive ketones (excluding diaryl/α,β-unsaturated/α-hetero) is 1. The number of hydrogen-bond acceptors (Lipinski definition) is 3. The number of carbonyl (C=O) groups excluding carboxylic acids is 1. The van der Waals surface area contributed by atoms with Crippen LogP contribution in [0, 0.1) is 11.3 Å². The van der Waals surface area contributed by atoms with Crippen LogP contribution in [0.1, 0.15) is 85.0 Å². The van der Waals surface area contributed by atoms with Gasteiger partial charge in [-0.2, -0.15) is 5.26 Å². The van der Waals surface area contributed by atoms with E-state index in [1.165, 1.54) is 32.1 Å². The normalized spacial score (nSPS) is 12.1. The summed E-state index contributed by atoms with van der Waals surface area (Å²) in [4.78, 5) is 13.9. The van der Waals surface area contributed by atoms with Crippen LogP contribution in [0.3, 0.4) is 0 Å². The Bertz CT molecular complexity index is 1250. The van der Waals surface area contributed by atoms with Gasteiger partial charge in [0, 0.05) is 13.0 Å². The maximum Gasteiger partial charge on any atom is 0.191 e. The molecule has 3 rings (SSSR count). The van der Waals surface area contributed by atoms with Crippen molar-refractivity contribution in [3.63, 3.8) is 0 Å². The highest BCUT2D eigenvalue weighted by molar-refractivity contribution is 7.96. The third-order valence-electron chi connectivity index (χ3n) is 8.95. The van der Waals surface area contributed by atoms with Crippen LogP contribution in [0.4, 0.5) is 0 Å². The van der Waals surface area contributed by atoms with Crippen molar-refractivity contribution in [2.45, 2.75) is 103 Å². The molecule has 0 atom stereocenters. The lowest BCUT2D eigenvalue weighted by Crippen LogP contribution is -2.40. The molecule has 3 aromatic carbocycles. The zero-order valence-corrected chi connectivity index (χ0v) is 29.0. The van der Waals surface area contributed by atoms with Crippen molar-refractivity contribution in [2.24, 2.45) is 0 Å². The number of nitrogens with zero attached hydrogens (tertiary/aromatic N) is 1. The third kappa shape index (κ3) is 9.39. The van der Waals surface area contributed by atoms with E-state index >= 15 is 0 Å². The van der Waals surface area contributed by atoms with Gasteiger partial charge in [-0.3, -0.25) is 4.79 Å². The minimum absolute atomic E-state index is 0.00712. The van der Waals surface area contributed by atoms with E-state index in [4.69, 9.17) is 4.43 Å². The SMILES string of the molecule is CC(C)(C)[Si](C)(C)OCCCCCCCCCCCC(=O)C(C#N)=P(c1ccccc1)(c1ccccc1)c1ccccc1. The fourth-order valence-electron chi connectivity index (χ4n) is 5.40. The molecule has 0 saturated heterocycles. The van der Waals surface area contributed by atoms with E-state index in [2.05, 4.69) is 76.3 Å². The quantitative estimate of drug-likeness (QED) is 0.0867. The van der Waals surface area contributed by atoms with Gasteiger partial charge in [0.05, 0.1) is 0 Å². The summed E-state index contributed by atoms with van der Waals surface area (Å²) >= 11 is 0. The van der Waals surface area contributed by atoms with Crippen molar-refractivity contribution < 1.29 is 9.22 Å². The Morgan fingerprint density at radius 1 is 0.674 bits per heavy atom. The van der Waals surface area contributed by atoms with E-state index in [0.29, 0.717) is 11.7 Å². The fourth-order valence-corrected chi connectivity index (χ4v) is 10.7. The topological polar surface area (TPSA) is 50.1 Å². The average molecular weight is 614 g/mol. The van der Waals surface area contributed by atoms with Gasteiger partial charge >= 0.3 is 0 Å². The summed E-state index contributed by atoms with van der Waals surface area (Å²) in [6.45, 7) is 9.82. The first-order valence-electron chi connectivity index (χ1n) is 16.2. The molecule has 0 amide bonds. The molecule has 0 aliphatic heterocycles. The van der Waals surface area contributed by atoms with E-state index < -0.39 is 15.2 Å². The van der Waals surface area contributed by atoms with E-state index in [1.807, 2.05) is 54.6 Å². The molecule has 0 aliphatic rings. The van der Waals surface area contributed by atoms with Crippen LogP contribution in [0.2, 0.25) is 18.1 Å². The van der Waals surface area contributed by atoms with Crippen LogP contribution >= 0.6 is 6.89 Å². The van der Waals surface area contributed by atoms with Gasteiger partial charge in [-0.25, -0.2) is 0 Å². The molecule has 5 heteroatoms. The molecule has 0 N–H and O–H groups in total. The van der Waals surface area contributed by atoms with Crippen LogP contribution in [-0.4, -0.2) is 26.0 Å². The monoisotopic (exact) mass is 613 g/mol. The van der Waals surface area contributed by atoms with Gasteiger partial charge in [0.2, 0.25) is 0 Å². The van der Waals surface area contributed by atoms with Crippen LogP contribution in [-0.2, 0) is 9.22 Å². The minimum atomic E-state index is -2.62. The molecule has 0 aromatic heterocycles. The van der Waals surface area contributed by atoms with E-state index in [0.717, 1.165) is 48.2 Å². The Hall–Kier alpha value is -2.70. The number of unbranched alkanes of at least 4 members (excludes halogenated alkanes) is 8. The van der Waals surface area contributed by atoms with Crippen molar-refractivity contribution in [3.05, 3.63) is 91.0 Å². The molecule has 0 unspecified atom stereocenters. The predicted molar refractivity (Wildman–Crippen MR) is 190 cm³/mol. The standard InChI is InChI=1S/C38H52NO2PSi/c1-38(2,3)43(4,5)41-31-23-12-10-8-6-7-9-11-22-30-36(40)37(32-39)42(33-24-16-13-17-25-33,34-26-18-14-19-27-34)35-28-20-15-21-29-35/h13-21,24-29H,6-12,22-23,30-31H2,1-5H3. The van der Waals surface area contributed by atoms with Crippen LogP contribution in [0.15, 0.2) is 91.0 Å². The smallest absolute Gasteiger partial charge is 0.191 e. The van der Waals surface area contributed by atoms with Crippen LogP contribution in [0.5, 0.6) is 0 Å². The average Bonchev–Trinajstić information content (AvgIpc) is 3.01. The first-order chi connectivity index (χ1) is 20.6. The van der Waals surface area contributed by atoms with Gasteiger partial charge in [-0.15, -0.1) is 0 Å². The lowest BCUT2D eigenvalue weighted by Gasteiger charge is -2.36. The molecule has 0 spiro atoms. The van der Waals surface area contributed by atoms with E-state index in [9.17, 15) is 10.1 Å². The van der Waals surface area contributed by atoms with Crippen LogP contribution in [0.25, 0.3) is 0 Å². The summed E-state index contributed by atoms with van der Waals surface area (Å²) < 4.78 is 6.30. The second-order valence-corrected chi connectivity index (χ2v) is 21.2. The summed E-state index contributed by atoms with van der Waals surface area (Å²) in [7, 11) is -1.62. The van der Waals surface area contributed by atoms with Crippen molar-refractivity contribution >= 4 is 42.2 Å². The molecule has 0 bridgehead atoms. The molecule has 230 valence electrons. The highest BCUT2D eigenvalue weighted by atomic mass is 31.2. The highest BCUT2D eigenvalue weighted by Crippen LogP contribution is 2.46. The molecular weight excluding hydrogens is 561 g/mol. The zero-order valence-electron chi connectivity index (χ0n) is 27.1. The summed E-state index contributed by atoms with van der Waals surface area (Å²) in [5.74, 6) is -0.00712. The zero-order chi connectivity index (χ0) is 31.2. The number of benzene rings is 3. The minimum Gasteiger partial charge on any atom is -0.417 e. The summed E-state index contributed by atoms with van der Waals surface area (Å²) in [6, 6.07) is 33.0. The maximum atomic E-state index is 13.9. The number of carbonyl (C=O) groups is 1. The Balaban J connectivity index is 1.57. The Morgan fingerprint density at radius 3 is 1.42 bits per heavy atom. The Kier molecular flexibility index (Phi) is 13.7. The first kappa shape index (κ1) is 34.8. The van der Waals surface area contributed by atoms with Gasteiger partial charge < -0.3 is 4.43 Å². The number of hydrogen-bond donors (Lipinski definition) is 0. The lowest BCUT2D eigenvalue weighted by molar-refractivity contribution is -0.112. The molecule has 43 heavy (non-hydrogen) atoms. The summed E-state index contributed by atoms with van der Waals surface area (Å²) in [6.07, 6.45) is 10.8. The Morgan fingerprint density at radius 2 is 1.05 bits per heavy atom. The summed E-state index contributed by atoms with van der Waals surface area (Å²) in [5.41, 5.74) is 0. The van der Waals surface area contributed by atoms with Crippen molar-refractivity contribution in [1.82, 2.24) is 0 Å². The molecule has 0 aliphatic carbocycles. The number of nitriles is 1.